The number of nitrogens with zero attached hydrogens (tertiary/aromatic N) is 5. The minimum absolute atomic E-state index is 0.701. The van der Waals surface area contributed by atoms with Crippen molar-refractivity contribution < 1.29 is 9.47 Å². The van der Waals surface area contributed by atoms with Gasteiger partial charge in [0, 0.05) is 35.0 Å². The van der Waals surface area contributed by atoms with Gasteiger partial charge >= 0.3 is 0 Å². The Kier molecular flexibility index (Phi) is 5.86. The predicted molar refractivity (Wildman–Crippen MR) is 119 cm³/mol. The van der Waals surface area contributed by atoms with Crippen LogP contribution in [-0.4, -0.2) is 50.4 Å². The molecule has 0 N–H and O–H groups in total. The van der Waals surface area contributed by atoms with Crippen LogP contribution in [0.5, 0.6) is 11.5 Å². The number of methoxy groups -OCH3 is 2. The fourth-order valence-corrected chi connectivity index (χ4v) is 3.76. The van der Waals surface area contributed by atoms with Crippen molar-refractivity contribution >= 4 is 44.4 Å². The molecule has 0 aliphatic rings. The molecule has 0 saturated heterocycles. The van der Waals surface area contributed by atoms with E-state index in [1.807, 2.05) is 41.2 Å². The standard InChI is InChI=1S/C20H20BrN5O2S/c1-27-14-7-12(8-15(10-14)28-2)16-9-13-11-22-20(29-3)24-18(13)26-19(16)23-17(25-26)5-4-6-21/h7-11H,4-6H2,1-3H3. The summed E-state index contributed by atoms with van der Waals surface area (Å²) in [5, 5.41) is 7.25. The van der Waals surface area contributed by atoms with Crippen LogP contribution in [0, 0.1) is 0 Å². The van der Waals surface area contributed by atoms with Crippen LogP contribution in [0.2, 0.25) is 0 Å². The molecule has 7 nitrogen and oxygen atoms in total. The van der Waals surface area contributed by atoms with Crippen molar-refractivity contribution in [3.8, 4) is 22.6 Å². The van der Waals surface area contributed by atoms with Crippen LogP contribution in [0.15, 0.2) is 35.6 Å². The number of aryl methyl sites for hydroxylation is 1. The number of alkyl halides is 1. The summed E-state index contributed by atoms with van der Waals surface area (Å²) in [6.45, 7) is 0. The number of hydrogen-bond donors (Lipinski definition) is 0. The summed E-state index contributed by atoms with van der Waals surface area (Å²) < 4.78 is 12.7. The molecule has 0 aliphatic carbocycles. The minimum Gasteiger partial charge on any atom is -0.497 e. The number of pyridine rings is 1. The van der Waals surface area contributed by atoms with E-state index in [2.05, 4.69) is 25.9 Å². The van der Waals surface area contributed by atoms with Crippen molar-refractivity contribution in [3.05, 3.63) is 36.3 Å². The highest BCUT2D eigenvalue weighted by Gasteiger charge is 2.16. The van der Waals surface area contributed by atoms with Crippen LogP contribution in [0.25, 0.3) is 27.8 Å². The normalized spacial score (nSPS) is 11.3. The molecule has 9 heteroatoms. The van der Waals surface area contributed by atoms with E-state index in [1.165, 1.54) is 11.8 Å². The molecule has 4 rings (SSSR count). The monoisotopic (exact) mass is 473 g/mol. The lowest BCUT2D eigenvalue weighted by molar-refractivity contribution is 0.394. The van der Waals surface area contributed by atoms with E-state index >= 15 is 0 Å². The molecule has 1 aromatic carbocycles. The summed E-state index contributed by atoms with van der Waals surface area (Å²) in [4.78, 5) is 13.9. The van der Waals surface area contributed by atoms with Gasteiger partial charge in [0.1, 0.15) is 11.5 Å². The lowest BCUT2D eigenvalue weighted by Crippen LogP contribution is -1.99. The maximum atomic E-state index is 5.45. The van der Waals surface area contributed by atoms with Gasteiger partial charge in [0.15, 0.2) is 22.3 Å². The molecule has 0 amide bonds. The Morgan fingerprint density at radius 3 is 2.45 bits per heavy atom. The Bertz CT molecular complexity index is 1160. The lowest BCUT2D eigenvalue weighted by Gasteiger charge is -2.11. The zero-order valence-corrected chi connectivity index (χ0v) is 18.7. The number of aromatic nitrogens is 5. The summed E-state index contributed by atoms with van der Waals surface area (Å²) in [6.07, 6.45) is 5.53. The first-order valence-corrected chi connectivity index (χ1v) is 11.4. The molecule has 0 saturated carbocycles. The highest BCUT2D eigenvalue weighted by atomic mass is 79.9. The summed E-state index contributed by atoms with van der Waals surface area (Å²) >= 11 is 4.98. The second kappa shape index (κ2) is 8.54. The molecule has 0 atom stereocenters. The Morgan fingerprint density at radius 2 is 1.79 bits per heavy atom. The van der Waals surface area contributed by atoms with Gasteiger partial charge in [0.05, 0.1) is 14.2 Å². The molecule has 0 bridgehead atoms. The molecular weight excluding hydrogens is 454 g/mol. The molecule has 3 heterocycles. The third-order valence-corrected chi connectivity index (χ3v) is 5.67. The van der Waals surface area contributed by atoms with Crippen LogP contribution in [0.4, 0.5) is 0 Å². The number of rotatable bonds is 7. The van der Waals surface area contributed by atoms with Crippen molar-refractivity contribution in [3.63, 3.8) is 0 Å². The van der Waals surface area contributed by atoms with E-state index in [0.717, 1.165) is 51.8 Å². The zero-order valence-electron chi connectivity index (χ0n) is 16.3. The van der Waals surface area contributed by atoms with E-state index in [9.17, 15) is 0 Å². The van der Waals surface area contributed by atoms with Gasteiger partial charge in [0.25, 0.3) is 0 Å². The van der Waals surface area contributed by atoms with Gasteiger partial charge in [-0.15, -0.1) is 5.10 Å². The number of ether oxygens (including phenoxy) is 2. The van der Waals surface area contributed by atoms with Gasteiger partial charge in [-0.3, -0.25) is 0 Å². The highest BCUT2D eigenvalue weighted by Crippen LogP contribution is 2.34. The van der Waals surface area contributed by atoms with E-state index in [1.54, 1.807) is 14.2 Å². The van der Waals surface area contributed by atoms with E-state index < -0.39 is 0 Å². The molecule has 0 fully saturated rings. The Labute approximate surface area is 181 Å². The van der Waals surface area contributed by atoms with Crippen molar-refractivity contribution in [2.45, 2.75) is 18.0 Å². The fourth-order valence-electron chi connectivity index (χ4n) is 3.14. The smallest absolute Gasteiger partial charge is 0.189 e. The van der Waals surface area contributed by atoms with E-state index in [4.69, 9.17) is 19.6 Å². The number of hydrogen-bond acceptors (Lipinski definition) is 7. The van der Waals surface area contributed by atoms with Gasteiger partial charge in [-0.2, -0.15) is 4.52 Å². The molecule has 0 aliphatic heterocycles. The van der Waals surface area contributed by atoms with Crippen LogP contribution in [-0.2, 0) is 6.42 Å². The van der Waals surface area contributed by atoms with Gasteiger partial charge in [-0.05, 0) is 36.4 Å². The maximum absolute atomic E-state index is 5.45. The van der Waals surface area contributed by atoms with Gasteiger partial charge in [0.2, 0.25) is 0 Å². The average Bonchev–Trinajstić information content (AvgIpc) is 3.20. The highest BCUT2D eigenvalue weighted by molar-refractivity contribution is 9.09. The van der Waals surface area contributed by atoms with Gasteiger partial charge < -0.3 is 9.47 Å². The third kappa shape index (κ3) is 3.89. The third-order valence-electron chi connectivity index (χ3n) is 4.55. The second-order valence-electron chi connectivity index (χ2n) is 6.35. The first-order valence-electron chi connectivity index (χ1n) is 9.05. The SMILES string of the molecule is COc1cc(OC)cc(-c2cc3cnc(SC)nc3n3nc(CCCBr)nc23)c1. The summed E-state index contributed by atoms with van der Waals surface area (Å²) in [5.41, 5.74) is 3.35. The molecule has 4 aromatic rings. The largest absolute Gasteiger partial charge is 0.497 e. The fraction of sp³-hybridized carbons (Fsp3) is 0.300. The van der Waals surface area contributed by atoms with Crippen LogP contribution >= 0.6 is 27.7 Å². The van der Waals surface area contributed by atoms with E-state index in [-0.39, 0.29) is 0 Å². The molecule has 0 radical (unpaired) electrons. The molecule has 150 valence electrons. The number of benzene rings is 1. The quantitative estimate of drug-likeness (QED) is 0.223. The zero-order chi connectivity index (χ0) is 20.4. The first-order chi connectivity index (χ1) is 14.2. The molecule has 0 unspecified atom stereocenters. The second-order valence-corrected chi connectivity index (χ2v) is 7.92. The Morgan fingerprint density at radius 1 is 1.03 bits per heavy atom. The lowest BCUT2D eigenvalue weighted by atomic mass is 10.0. The predicted octanol–water partition coefficient (Wildman–Crippen LogP) is 4.41. The first kappa shape index (κ1) is 19.9. The molecule has 0 spiro atoms. The summed E-state index contributed by atoms with van der Waals surface area (Å²) in [6, 6.07) is 7.83. The Hall–Kier alpha value is -2.39. The van der Waals surface area contributed by atoms with Crippen LogP contribution in [0.1, 0.15) is 12.2 Å². The van der Waals surface area contributed by atoms with Gasteiger partial charge in [-0.25, -0.2) is 15.0 Å². The number of halogens is 1. The van der Waals surface area contributed by atoms with E-state index in [0.29, 0.717) is 16.7 Å². The van der Waals surface area contributed by atoms with Crippen molar-refractivity contribution in [2.24, 2.45) is 0 Å². The minimum atomic E-state index is 0.701. The molecule has 3 aromatic heterocycles. The van der Waals surface area contributed by atoms with Crippen molar-refractivity contribution in [1.29, 1.82) is 0 Å². The van der Waals surface area contributed by atoms with Gasteiger partial charge in [-0.1, -0.05) is 27.7 Å². The van der Waals surface area contributed by atoms with Crippen LogP contribution < -0.4 is 9.47 Å². The Balaban J connectivity index is 2.01. The summed E-state index contributed by atoms with van der Waals surface area (Å²) in [7, 11) is 3.28. The molecular formula is C20H20BrN5O2S. The summed E-state index contributed by atoms with van der Waals surface area (Å²) in [5.74, 6) is 2.22. The topological polar surface area (TPSA) is 74.4 Å². The van der Waals surface area contributed by atoms with Crippen molar-refractivity contribution in [2.75, 3.05) is 25.8 Å². The average molecular weight is 474 g/mol. The molecule has 29 heavy (non-hydrogen) atoms. The maximum Gasteiger partial charge on any atom is 0.189 e. The number of fused-ring (bicyclic) bond motifs is 3. The van der Waals surface area contributed by atoms with Crippen LogP contribution in [0.3, 0.4) is 0 Å². The number of thioether (sulfide) groups is 1. The van der Waals surface area contributed by atoms with Crippen molar-refractivity contribution in [1.82, 2.24) is 24.6 Å².